The molecule has 1 saturated heterocycles. The number of nitrogens with zero attached hydrogens (tertiary/aromatic N) is 2. The largest absolute Gasteiger partial charge is 0.496 e. The second-order valence-corrected chi connectivity index (χ2v) is 7.34. The Bertz CT molecular complexity index is 1030. The average molecular weight is 409 g/mol. The lowest BCUT2D eigenvalue weighted by Crippen LogP contribution is -2.48. The lowest BCUT2D eigenvalue weighted by molar-refractivity contribution is -0.134. The first-order valence-electron chi connectivity index (χ1n) is 9.79. The third kappa shape index (κ3) is 4.80. The van der Waals surface area contributed by atoms with Crippen LogP contribution < -0.4 is 4.74 Å². The molecule has 0 bridgehead atoms. The fourth-order valence-corrected chi connectivity index (χ4v) is 3.53. The zero-order valence-corrected chi connectivity index (χ0v) is 17.5. The van der Waals surface area contributed by atoms with Crippen LogP contribution in [0.3, 0.4) is 0 Å². The van der Waals surface area contributed by atoms with Gasteiger partial charge in [0.05, 0.1) is 19.2 Å². The molecule has 7 nitrogen and oxygen atoms in total. The Hall–Kier alpha value is -3.32. The number of likely N-dealkylation sites (N-methyl/N-ethyl adjacent to an activating group) is 1. The molecule has 2 aromatic carbocycles. The molecule has 7 heteroatoms. The Morgan fingerprint density at radius 3 is 2.53 bits per heavy atom. The van der Waals surface area contributed by atoms with Gasteiger partial charge in [-0.15, -0.1) is 0 Å². The number of hydrogen-bond acceptors (Lipinski definition) is 4. The Labute approximate surface area is 175 Å². The van der Waals surface area contributed by atoms with E-state index in [1.165, 1.54) is 10.9 Å². The number of aromatic carboxylic acids is 1. The molecule has 1 aliphatic rings. The number of aromatic amines is 1. The fraction of sp³-hybridized carbons (Fsp3) is 0.304. The first-order chi connectivity index (χ1) is 14.4. The summed E-state index contributed by atoms with van der Waals surface area (Å²) in [6, 6.07) is 12.4. The minimum atomic E-state index is -0.879. The maximum Gasteiger partial charge on any atom is 0.335 e. The third-order valence-electron chi connectivity index (χ3n) is 5.27. The van der Waals surface area contributed by atoms with Crippen LogP contribution in [0.1, 0.15) is 21.5 Å². The van der Waals surface area contributed by atoms with E-state index in [0.717, 1.165) is 36.5 Å². The molecule has 0 unspecified atom stereocenters. The number of amides is 1. The second kappa shape index (κ2) is 9.45. The van der Waals surface area contributed by atoms with Crippen molar-refractivity contribution in [2.75, 3.05) is 33.8 Å². The summed E-state index contributed by atoms with van der Waals surface area (Å²) < 4.78 is 5.56. The number of carbonyl (C=O) groups excluding carboxylic acids is 1. The standard InChI is InChI=1S/C16H21N3O2.C7H6O2/c1-11-8-14(21-3)13(12-4-5-17-16(11)12)9-19-7-6-18(2)15(20)10-19;8-7(9)6-4-2-1-3-5-6/h4-5,8,17H,6-7,9-10H2,1-3H3;1-5H,(H,8,9). The molecular formula is C23H27N3O4. The van der Waals surface area contributed by atoms with Crippen LogP contribution in [0.2, 0.25) is 0 Å². The van der Waals surface area contributed by atoms with E-state index in [-0.39, 0.29) is 5.91 Å². The van der Waals surface area contributed by atoms with E-state index in [1.807, 2.05) is 13.2 Å². The summed E-state index contributed by atoms with van der Waals surface area (Å²) in [6.07, 6.45) is 1.95. The van der Waals surface area contributed by atoms with E-state index in [9.17, 15) is 9.59 Å². The number of ether oxygens (including phenoxy) is 1. The van der Waals surface area contributed by atoms with Gasteiger partial charge in [0.15, 0.2) is 0 Å². The molecule has 1 fully saturated rings. The maximum absolute atomic E-state index is 11.9. The first-order valence-corrected chi connectivity index (χ1v) is 9.79. The molecule has 1 aromatic heterocycles. The lowest BCUT2D eigenvalue weighted by Gasteiger charge is -2.32. The number of carboxylic acids is 1. The smallest absolute Gasteiger partial charge is 0.335 e. The van der Waals surface area contributed by atoms with Gasteiger partial charge in [-0.25, -0.2) is 4.79 Å². The SMILES string of the molecule is COc1cc(C)c2[nH]ccc2c1CN1CCN(C)C(=O)C1.O=C(O)c1ccccc1. The molecule has 30 heavy (non-hydrogen) atoms. The highest BCUT2D eigenvalue weighted by atomic mass is 16.5. The second-order valence-electron chi connectivity index (χ2n) is 7.34. The minimum absolute atomic E-state index is 0.178. The summed E-state index contributed by atoms with van der Waals surface area (Å²) in [5.74, 6) is 0.194. The number of carboxylic acid groups (broad SMARTS) is 1. The number of rotatable bonds is 4. The molecule has 0 radical (unpaired) electrons. The van der Waals surface area contributed by atoms with Gasteiger partial charge in [-0.2, -0.15) is 0 Å². The van der Waals surface area contributed by atoms with E-state index in [4.69, 9.17) is 9.84 Å². The van der Waals surface area contributed by atoms with Crippen molar-refractivity contribution in [3.8, 4) is 5.75 Å². The molecule has 2 heterocycles. The Balaban J connectivity index is 0.000000239. The van der Waals surface area contributed by atoms with Crippen LogP contribution in [0.25, 0.3) is 10.9 Å². The van der Waals surface area contributed by atoms with E-state index in [0.29, 0.717) is 12.1 Å². The van der Waals surface area contributed by atoms with Crippen molar-refractivity contribution in [3.63, 3.8) is 0 Å². The number of fused-ring (bicyclic) bond motifs is 1. The highest BCUT2D eigenvalue weighted by Crippen LogP contribution is 2.31. The number of nitrogens with one attached hydrogen (secondary N) is 1. The normalized spacial score (nSPS) is 14.4. The zero-order chi connectivity index (χ0) is 21.7. The summed E-state index contributed by atoms with van der Waals surface area (Å²) in [7, 11) is 3.56. The fourth-order valence-electron chi connectivity index (χ4n) is 3.53. The molecule has 158 valence electrons. The summed E-state index contributed by atoms with van der Waals surface area (Å²) in [4.78, 5) is 29.3. The van der Waals surface area contributed by atoms with Gasteiger partial charge in [0.2, 0.25) is 5.91 Å². The van der Waals surface area contributed by atoms with Gasteiger partial charge in [-0.1, -0.05) is 18.2 Å². The topological polar surface area (TPSA) is 85.9 Å². The first kappa shape index (κ1) is 21.4. The molecule has 0 atom stereocenters. The van der Waals surface area contributed by atoms with Crippen LogP contribution in [-0.2, 0) is 11.3 Å². The van der Waals surface area contributed by atoms with Gasteiger partial charge in [-0.05, 0) is 36.8 Å². The van der Waals surface area contributed by atoms with Crippen molar-refractivity contribution >= 4 is 22.8 Å². The summed E-state index contributed by atoms with van der Waals surface area (Å²) in [6.45, 7) is 4.95. The predicted octanol–water partition coefficient (Wildman–Crippen LogP) is 3.14. The Morgan fingerprint density at radius 1 is 1.20 bits per heavy atom. The van der Waals surface area contributed by atoms with Gasteiger partial charge in [0.25, 0.3) is 0 Å². The van der Waals surface area contributed by atoms with Gasteiger partial charge >= 0.3 is 5.97 Å². The van der Waals surface area contributed by atoms with Gasteiger partial charge in [0.1, 0.15) is 5.75 Å². The number of H-pyrrole nitrogens is 1. The lowest BCUT2D eigenvalue weighted by atomic mass is 10.0. The van der Waals surface area contributed by atoms with Crippen molar-refractivity contribution < 1.29 is 19.4 Å². The van der Waals surface area contributed by atoms with E-state index in [1.54, 1.807) is 42.3 Å². The van der Waals surface area contributed by atoms with Gasteiger partial charge < -0.3 is 19.7 Å². The quantitative estimate of drug-likeness (QED) is 0.691. The van der Waals surface area contributed by atoms with Crippen LogP contribution in [0.4, 0.5) is 0 Å². The van der Waals surface area contributed by atoms with Gasteiger partial charge in [-0.3, -0.25) is 9.69 Å². The number of piperazine rings is 1. The predicted molar refractivity (Wildman–Crippen MR) is 116 cm³/mol. The molecule has 0 aliphatic carbocycles. The van der Waals surface area contributed by atoms with Crippen LogP contribution in [0, 0.1) is 6.92 Å². The van der Waals surface area contributed by atoms with Crippen molar-refractivity contribution in [2.45, 2.75) is 13.5 Å². The summed E-state index contributed by atoms with van der Waals surface area (Å²) >= 11 is 0. The van der Waals surface area contributed by atoms with Crippen LogP contribution >= 0.6 is 0 Å². The summed E-state index contributed by atoms with van der Waals surface area (Å²) in [5.41, 5.74) is 3.80. The number of benzene rings is 2. The molecule has 3 aromatic rings. The number of aromatic nitrogens is 1. The van der Waals surface area contributed by atoms with Crippen LogP contribution in [0.15, 0.2) is 48.7 Å². The van der Waals surface area contributed by atoms with Crippen LogP contribution in [-0.4, -0.2) is 65.6 Å². The summed E-state index contributed by atoms with van der Waals surface area (Å²) in [5, 5.41) is 9.56. The van der Waals surface area contributed by atoms with Crippen molar-refractivity contribution in [2.24, 2.45) is 0 Å². The molecule has 0 saturated carbocycles. The highest BCUT2D eigenvalue weighted by Gasteiger charge is 2.23. The number of hydrogen-bond donors (Lipinski definition) is 2. The molecule has 2 N–H and O–H groups in total. The van der Waals surface area contributed by atoms with Crippen LogP contribution in [0.5, 0.6) is 5.75 Å². The number of aryl methyl sites for hydroxylation is 1. The van der Waals surface area contributed by atoms with E-state index < -0.39 is 5.97 Å². The molecule has 1 amide bonds. The Morgan fingerprint density at radius 2 is 1.93 bits per heavy atom. The average Bonchev–Trinajstić information content (AvgIpc) is 3.24. The van der Waals surface area contributed by atoms with Crippen molar-refractivity contribution in [1.82, 2.24) is 14.8 Å². The third-order valence-corrected chi connectivity index (χ3v) is 5.27. The molecular weight excluding hydrogens is 382 g/mol. The Kier molecular flexibility index (Phi) is 6.74. The van der Waals surface area contributed by atoms with Crippen molar-refractivity contribution in [3.05, 3.63) is 65.4 Å². The minimum Gasteiger partial charge on any atom is -0.496 e. The monoisotopic (exact) mass is 409 g/mol. The molecule has 0 spiro atoms. The maximum atomic E-state index is 11.9. The highest BCUT2D eigenvalue weighted by molar-refractivity contribution is 5.88. The van der Waals surface area contributed by atoms with E-state index >= 15 is 0 Å². The molecule has 4 rings (SSSR count). The van der Waals surface area contributed by atoms with Crippen molar-refractivity contribution in [1.29, 1.82) is 0 Å². The number of methoxy groups -OCH3 is 1. The molecule has 1 aliphatic heterocycles. The van der Waals surface area contributed by atoms with Gasteiger partial charge in [0, 0.05) is 49.3 Å². The van der Waals surface area contributed by atoms with E-state index in [2.05, 4.69) is 28.9 Å². The number of carbonyl (C=O) groups is 2. The zero-order valence-electron chi connectivity index (χ0n) is 17.5.